The zero-order chi connectivity index (χ0) is 13.9. The van der Waals surface area contributed by atoms with E-state index in [0.717, 1.165) is 6.42 Å². The first-order valence-electron chi connectivity index (χ1n) is 6.60. The summed E-state index contributed by atoms with van der Waals surface area (Å²) in [5, 5.41) is 29.3. The summed E-state index contributed by atoms with van der Waals surface area (Å²) in [5.74, 6) is 0.0312. The maximum absolute atomic E-state index is 12.1. The molecule has 0 heterocycles. The Hall–Kier alpha value is -1.71. The fourth-order valence-corrected chi connectivity index (χ4v) is 3.98. The number of Topliss-reactive ketones (excluding diaryl/α,β-unsaturated/α-hetero) is 1. The Balaban J connectivity index is 2.06. The molecule has 0 aromatic heterocycles. The highest BCUT2D eigenvalue weighted by Crippen LogP contribution is 2.64. The smallest absolute Gasteiger partial charge is 0.137 e. The van der Waals surface area contributed by atoms with E-state index in [9.17, 15) is 20.1 Å². The molecule has 3 N–H and O–H groups in total. The maximum atomic E-state index is 12.1. The average molecular weight is 262 g/mol. The molecule has 19 heavy (non-hydrogen) atoms. The van der Waals surface area contributed by atoms with Gasteiger partial charge in [-0.05, 0) is 17.8 Å². The van der Waals surface area contributed by atoms with Crippen LogP contribution in [-0.2, 0) is 4.79 Å². The second-order valence-corrected chi connectivity index (χ2v) is 6.39. The van der Waals surface area contributed by atoms with Gasteiger partial charge in [0.2, 0.25) is 0 Å². The second kappa shape index (κ2) is 3.65. The number of rotatable bonds is 1. The lowest BCUT2D eigenvalue weighted by molar-refractivity contribution is -0.151. The molecule has 1 aromatic carbocycles. The van der Waals surface area contributed by atoms with E-state index in [2.05, 4.69) is 13.8 Å². The van der Waals surface area contributed by atoms with Gasteiger partial charge >= 0.3 is 0 Å². The fourth-order valence-electron chi connectivity index (χ4n) is 3.98. The van der Waals surface area contributed by atoms with Gasteiger partial charge in [-0.25, -0.2) is 0 Å². The zero-order valence-corrected chi connectivity index (χ0v) is 11.1. The minimum atomic E-state index is -0.174. The van der Waals surface area contributed by atoms with Crippen molar-refractivity contribution >= 4 is 5.78 Å². The summed E-state index contributed by atoms with van der Waals surface area (Å²) in [6.07, 6.45) is 1.20. The van der Waals surface area contributed by atoms with Crippen molar-refractivity contribution in [2.45, 2.75) is 32.6 Å². The number of ketones is 1. The predicted molar refractivity (Wildman–Crippen MR) is 69.2 cm³/mol. The van der Waals surface area contributed by atoms with Crippen LogP contribution in [0.25, 0.3) is 0 Å². The van der Waals surface area contributed by atoms with Crippen LogP contribution in [0.2, 0.25) is 0 Å². The van der Waals surface area contributed by atoms with Crippen LogP contribution in [0.5, 0.6) is 17.2 Å². The fraction of sp³-hybridized carbons (Fsp3) is 0.533. The Morgan fingerprint density at radius 1 is 1.16 bits per heavy atom. The number of hydrogen-bond acceptors (Lipinski definition) is 4. The molecule has 3 aliphatic rings. The van der Waals surface area contributed by atoms with E-state index >= 15 is 0 Å². The largest absolute Gasteiger partial charge is 0.508 e. The van der Waals surface area contributed by atoms with Crippen molar-refractivity contribution < 1.29 is 20.1 Å². The number of phenols is 3. The van der Waals surface area contributed by atoms with Crippen LogP contribution in [0.3, 0.4) is 0 Å². The minimum absolute atomic E-state index is 0.0727. The van der Waals surface area contributed by atoms with E-state index in [-0.39, 0.29) is 46.2 Å². The summed E-state index contributed by atoms with van der Waals surface area (Å²) in [7, 11) is 0. The molecule has 4 heteroatoms. The monoisotopic (exact) mass is 262 g/mol. The van der Waals surface area contributed by atoms with Gasteiger partial charge in [-0.3, -0.25) is 4.79 Å². The lowest BCUT2D eigenvalue weighted by atomic mass is 9.44. The number of phenolic OH excluding ortho intramolecular Hbond substituents is 3. The first-order chi connectivity index (χ1) is 8.82. The molecule has 2 bridgehead atoms. The van der Waals surface area contributed by atoms with Crippen LogP contribution < -0.4 is 0 Å². The molecule has 0 aliphatic heterocycles. The first-order valence-corrected chi connectivity index (χ1v) is 6.60. The number of aromatic hydroxyl groups is 3. The van der Waals surface area contributed by atoms with Gasteiger partial charge in [-0.2, -0.15) is 0 Å². The highest BCUT2D eigenvalue weighted by atomic mass is 16.3. The molecule has 4 nitrogen and oxygen atoms in total. The average Bonchev–Trinajstić information content (AvgIpc) is 2.25. The number of carbonyl (C=O) groups is 1. The summed E-state index contributed by atoms with van der Waals surface area (Å²) in [6.45, 7) is 4.15. The van der Waals surface area contributed by atoms with Gasteiger partial charge in [0, 0.05) is 36.0 Å². The maximum Gasteiger partial charge on any atom is 0.137 e. The first kappa shape index (κ1) is 12.3. The van der Waals surface area contributed by atoms with Crippen LogP contribution in [0.4, 0.5) is 0 Å². The normalized spacial score (nSPS) is 31.9. The molecule has 3 atom stereocenters. The van der Waals surface area contributed by atoms with Crippen molar-refractivity contribution in [1.82, 2.24) is 0 Å². The number of hydrogen-bond donors (Lipinski definition) is 3. The van der Waals surface area contributed by atoms with Gasteiger partial charge in [-0.1, -0.05) is 13.8 Å². The Labute approximate surface area is 111 Å². The summed E-state index contributed by atoms with van der Waals surface area (Å²) in [4.78, 5) is 12.1. The third-order valence-corrected chi connectivity index (χ3v) is 5.13. The van der Waals surface area contributed by atoms with Crippen LogP contribution >= 0.6 is 0 Å². The van der Waals surface area contributed by atoms with Gasteiger partial charge in [-0.15, -0.1) is 0 Å². The van der Waals surface area contributed by atoms with E-state index in [1.165, 1.54) is 12.1 Å². The summed E-state index contributed by atoms with van der Waals surface area (Å²) >= 11 is 0. The second-order valence-electron chi connectivity index (χ2n) is 6.39. The third-order valence-electron chi connectivity index (χ3n) is 5.13. The Morgan fingerprint density at radius 2 is 1.74 bits per heavy atom. The standard InChI is InChI=1S/C15H18O4/c1-15(2)9-6-10(15)11(17)5-8(9)14-12(18)3-7(16)4-13(14)19/h3-4,8-10,16,18-19H,5-6H2,1-2H3/t8-,9?,10-/m1/s1. The molecule has 1 aromatic rings. The van der Waals surface area contributed by atoms with Crippen molar-refractivity contribution in [2.24, 2.45) is 17.3 Å². The van der Waals surface area contributed by atoms with Crippen LogP contribution in [0.15, 0.2) is 12.1 Å². The molecular weight excluding hydrogens is 244 g/mol. The number of benzene rings is 1. The summed E-state index contributed by atoms with van der Waals surface area (Å²) < 4.78 is 0. The number of fused-ring (bicyclic) bond motifs is 2. The van der Waals surface area contributed by atoms with Crippen LogP contribution in [0.1, 0.15) is 38.2 Å². The molecule has 4 rings (SSSR count). The highest BCUT2D eigenvalue weighted by Gasteiger charge is 2.59. The molecule has 0 amide bonds. The predicted octanol–water partition coefficient (Wildman–Crippen LogP) is 2.52. The molecule has 0 saturated heterocycles. The Bertz CT molecular complexity index is 538. The Kier molecular flexibility index (Phi) is 2.37. The summed E-state index contributed by atoms with van der Waals surface area (Å²) in [6, 6.07) is 2.44. The highest BCUT2D eigenvalue weighted by molar-refractivity contribution is 5.86. The van der Waals surface area contributed by atoms with Gasteiger partial charge in [0.25, 0.3) is 0 Å². The summed E-state index contributed by atoms with van der Waals surface area (Å²) in [5.41, 5.74) is 0.332. The van der Waals surface area contributed by atoms with Crippen molar-refractivity contribution in [2.75, 3.05) is 0 Å². The third kappa shape index (κ3) is 1.55. The molecule has 3 saturated carbocycles. The molecule has 3 fully saturated rings. The lowest BCUT2D eigenvalue weighted by Gasteiger charge is -2.58. The zero-order valence-electron chi connectivity index (χ0n) is 11.1. The topological polar surface area (TPSA) is 77.8 Å². The van der Waals surface area contributed by atoms with Crippen LogP contribution in [-0.4, -0.2) is 21.1 Å². The molecule has 102 valence electrons. The van der Waals surface area contributed by atoms with Crippen LogP contribution in [0, 0.1) is 17.3 Å². The van der Waals surface area contributed by atoms with E-state index in [1.54, 1.807) is 0 Å². The lowest BCUT2D eigenvalue weighted by Crippen LogP contribution is -2.56. The van der Waals surface area contributed by atoms with E-state index in [1.807, 2.05) is 0 Å². The molecular formula is C15H18O4. The van der Waals surface area contributed by atoms with Gasteiger partial charge in [0.15, 0.2) is 0 Å². The minimum Gasteiger partial charge on any atom is -0.508 e. The molecule has 1 unspecified atom stereocenters. The van der Waals surface area contributed by atoms with Crippen molar-refractivity contribution in [3.05, 3.63) is 17.7 Å². The molecule has 3 aliphatic carbocycles. The number of carbonyl (C=O) groups excluding carboxylic acids is 1. The van der Waals surface area contributed by atoms with Gasteiger partial charge in [0.05, 0.1) is 0 Å². The van der Waals surface area contributed by atoms with E-state index in [0.29, 0.717) is 12.0 Å². The van der Waals surface area contributed by atoms with Crippen molar-refractivity contribution in [3.63, 3.8) is 0 Å². The van der Waals surface area contributed by atoms with E-state index < -0.39 is 0 Å². The van der Waals surface area contributed by atoms with E-state index in [4.69, 9.17) is 0 Å². The van der Waals surface area contributed by atoms with Crippen molar-refractivity contribution in [3.8, 4) is 17.2 Å². The molecule has 0 spiro atoms. The van der Waals surface area contributed by atoms with Gasteiger partial charge in [0.1, 0.15) is 23.0 Å². The van der Waals surface area contributed by atoms with Gasteiger partial charge < -0.3 is 15.3 Å². The van der Waals surface area contributed by atoms with Crippen molar-refractivity contribution in [1.29, 1.82) is 0 Å². The SMILES string of the molecule is CC1(C)C2C[C@@H]1C(=O)C[C@H]2c1c(O)cc(O)cc1O. The molecule has 0 radical (unpaired) electrons. The quantitative estimate of drug-likeness (QED) is 0.726. The Morgan fingerprint density at radius 3 is 2.21 bits per heavy atom.